The summed E-state index contributed by atoms with van der Waals surface area (Å²) in [6.07, 6.45) is 0.922. The molecule has 27 heavy (non-hydrogen) atoms. The summed E-state index contributed by atoms with van der Waals surface area (Å²) in [4.78, 5) is 18.5. The minimum absolute atomic E-state index is 0.0208. The Kier molecular flexibility index (Phi) is 4.81. The van der Waals surface area contributed by atoms with Crippen LogP contribution in [0.2, 0.25) is 0 Å². The van der Waals surface area contributed by atoms with Crippen molar-refractivity contribution in [2.24, 2.45) is 11.8 Å². The van der Waals surface area contributed by atoms with Crippen LogP contribution in [0, 0.1) is 11.8 Å². The zero-order chi connectivity index (χ0) is 19.2. The molecule has 4 heterocycles. The first-order valence-electron chi connectivity index (χ1n) is 9.27. The largest absolute Gasteiger partial charge is 0.351 e. The van der Waals surface area contributed by atoms with Crippen molar-refractivity contribution in [2.45, 2.75) is 44.2 Å². The summed E-state index contributed by atoms with van der Waals surface area (Å²) in [5.41, 5.74) is 0. The number of hydrogen-bond donors (Lipinski definition) is 1. The number of anilines is 1. The number of piperidine rings is 1. The number of fused-ring (bicyclic) bond motifs is 1. The monoisotopic (exact) mass is 403 g/mol. The smallest absolute Gasteiger partial charge is 0.260 e. The van der Waals surface area contributed by atoms with Crippen LogP contribution in [0.15, 0.2) is 6.33 Å². The molecule has 0 bridgehead atoms. The fourth-order valence-corrected chi connectivity index (χ4v) is 6.22. The lowest BCUT2D eigenvalue weighted by Crippen LogP contribution is -2.49. The van der Waals surface area contributed by atoms with Gasteiger partial charge in [0.1, 0.15) is 12.4 Å². The van der Waals surface area contributed by atoms with E-state index in [0.29, 0.717) is 25.5 Å². The number of aromatic nitrogens is 3. The highest BCUT2D eigenvalue weighted by molar-refractivity contribution is 7.91. The van der Waals surface area contributed by atoms with Gasteiger partial charge in [-0.25, -0.2) is 21.9 Å². The number of amides is 1. The van der Waals surface area contributed by atoms with Crippen molar-refractivity contribution in [3.8, 4) is 0 Å². The molecule has 3 aliphatic rings. The predicted molar refractivity (Wildman–Crippen MR) is 93.2 cm³/mol. The Bertz CT molecular complexity index is 815. The maximum Gasteiger partial charge on any atom is 0.260 e. The average Bonchev–Trinajstić information content (AvgIpc) is 3.26. The fourth-order valence-electron chi connectivity index (χ4n) is 4.49. The third kappa shape index (κ3) is 3.65. The SMILES string of the molecule is O=C([C@@H]1CCS(=O)(=O)C1)N1CCC[C@@H]([C@@H]2C[C@H](C(F)F)n3ncnc3N2)C1. The number of sulfone groups is 1. The molecular formula is C16H23F2N5O3S. The summed E-state index contributed by atoms with van der Waals surface area (Å²) >= 11 is 0. The number of carbonyl (C=O) groups is 1. The Morgan fingerprint density at radius 1 is 1.33 bits per heavy atom. The van der Waals surface area contributed by atoms with Gasteiger partial charge in [-0.05, 0) is 31.6 Å². The van der Waals surface area contributed by atoms with E-state index in [1.165, 1.54) is 11.0 Å². The zero-order valence-electron chi connectivity index (χ0n) is 14.8. The van der Waals surface area contributed by atoms with Crippen molar-refractivity contribution in [1.29, 1.82) is 0 Å². The standard InChI is InChI=1S/C16H23F2N5O3S/c17-14(18)13-6-12(21-16-19-9-20-23(13)16)10-2-1-4-22(7-10)15(24)11-3-5-27(25,26)8-11/h9-14H,1-8H2,(H,19,20,21)/t10-,11-,12+,13-/m1/s1. The lowest BCUT2D eigenvalue weighted by atomic mass is 9.85. The first-order valence-corrected chi connectivity index (χ1v) is 11.1. The van der Waals surface area contributed by atoms with Crippen molar-refractivity contribution in [2.75, 3.05) is 29.9 Å². The number of alkyl halides is 2. The summed E-state index contributed by atoms with van der Waals surface area (Å²) in [7, 11) is -3.12. The van der Waals surface area contributed by atoms with Gasteiger partial charge in [-0.3, -0.25) is 4.79 Å². The van der Waals surface area contributed by atoms with E-state index in [0.717, 1.165) is 12.8 Å². The van der Waals surface area contributed by atoms with Gasteiger partial charge in [0.15, 0.2) is 9.84 Å². The molecule has 0 aliphatic carbocycles. The van der Waals surface area contributed by atoms with Gasteiger partial charge in [-0.1, -0.05) is 0 Å². The molecule has 11 heteroatoms. The van der Waals surface area contributed by atoms with Crippen LogP contribution >= 0.6 is 0 Å². The van der Waals surface area contributed by atoms with Crippen LogP contribution in [0.25, 0.3) is 0 Å². The number of halogens is 2. The lowest BCUT2D eigenvalue weighted by molar-refractivity contribution is -0.136. The normalized spacial score (nSPS) is 32.9. The topological polar surface area (TPSA) is 97.2 Å². The third-order valence-electron chi connectivity index (χ3n) is 5.91. The van der Waals surface area contributed by atoms with Gasteiger partial charge < -0.3 is 10.2 Å². The van der Waals surface area contributed by atoms with Crippen molar-refractivity contribution < 1.29 is 22.0 Å². The van der Waals surface area contributed by atoms with Crippen LogP contribution in [0.4, 0.5) is 14.7 Å². The van der Waals surface area contributed by atoms with Gasteiger partial charge in [-0.2, -0.15) is 10.1 Å². The molecule has 0 radical (unpaired) electrons. The number of nitrogens with one attached hydrogen (secondary N) is 1. The minimum Gasteiger partial charge on any atom is -0.351 e. The molecule has 4 rings (SSSR count). The molecule has 1 N–H and O–H groups in total. The summed E-state index contributed by atoms with van der Waals surface area (Å²) in [5, 5.41) is 7.09. The molecule has 8 nitrogen and oxygen atoms in total. The van der Waals surface area contributed by atoms with Gasteiger partial charge in [0.25, 0.3) is 6.43 Å². The first kappa shape index (κ1) is 18.6. The van der Waals surface area contributed by atoms with Crippen LogP contribution in [0.3, 0.4) is 0 Å². The highest BCUT2D eigenvalue weighted by atomic mass is 32.2. The Balaban J connectivity index is 1.45. The predicted octanol–water partition coefficient (Wildman–Crippen LogP) is 0.942. The quantitative estimate of drug-likeness (QED) is 0.807. The zero-order valence-corrected chi connectivity index (χ0v) is 15.6. The molecule has 1 amide bonds. The van der Waals surface area contributed by atoms with Crippen LogP contribution in [-0.2, 0) is 14.6 Å². The number of rotatable bonds is 3. The van der Waals surface area contributed by atoms with E-state index in [1.54, 1.807) is 4.90 Å². The molecule has 3 aliphatic heterocycles. The highest BCUT2D eigenvalue weighted by Gasteiger charge is 2.41. The molecule has 4 atom stereocenters. The molecule has 0 saturated carbocycles. The highest BCUT2D eigenvalue weighted by Crippen LogP contribution is 2.35. The van der Waals surface area contributed by atoms with Crippen molar-refractivity contribution in [3.63, 3.8) is 0 Å². The third-order valence-corrected chi connectivity index (χ3v) is 7.68. The number of nitrogens with zero attached hydrogens (tertiary/aromatic N) is 4. The first-order chi connectivity index (χ1) is 12.8. The van der Waals surface area contributed by atoms with E-state index in [9.17, 15) is 22.0 Å². The Morgan fingerprint density at radius 3 is 2.85 bits per heavy atom. The second-order valence-electron chi connectivity index (χ2n) is 7.70. The van der Waals surface area contributed by atoms with E-state index in [4.69, 9.17) is 0 Å². The number of hydrogen-bond acceptors (Lipinski definition) is 6. The molecule has 0 spiro atoms. The average molecular weight is 403 g/mol. The van der Waals surface area contributed by atoms with E-state index in [2.05, 4.69) is 15.4 Å². The van der Waals surface area contributed by atoms with E-state index >= 15 is 0 Å². The molecule has 1 aromatic heterocycles. The molecule has 150 valence electrons. The van der Waals surface area contributed by atoms with Crippen LogP contribution in [-0.4, -0.2) is 71.1 Å². The molecule has 2 fully saturated rings. The van der Waals surface area contributed by atoms with Gasteiger partial charge in [0.2, 0.25) is 11.9 Å². The van der Waals surface area contributed by atoms with Gasteiger partial charge in [-0.15, -0.1) is 0 Å². The van der Waals surface area contributed by atoms with Crippen LogP contribution in [0.1, 0.15) is 31.7 Å². The van der Waals surface area contributed by atoms with Crippen molar-refractivity contribution in [1.82, 2.24) is 19.7 Å². The number of carbonyl (C=O) groups excluding carboxylic acids is 1. The van der Waals surface area contributed by atoms with Gasteiger partial charge in [0.05, 0.1) is 17.4 Å². The summed E-state index contributed by atoms with van der Waals surface area (Å²) in [6, 6.07) is -1.25. The summed E-state index contributed by atoms with van der Waals surface area (Å²) < 4.78 is 51.5. The maximum atomic E-state index is 13.5. The van der Waals surface area contributed by atoms with Gasteiger partial charge in [0, 0.05) is 19.1 Å². The fraction of sp³-hybridized carbons (Fsp3) is 0.812. The Morgan fingerprint density at radius 2 is 2.15 bits per heavy atom. The second kappa shape index (κ2) is 6.99. The Hall–Kier alpha value is -1.78. The number of likely N-dealkylation sites (tertiary alicyclic amines) is 1. The van der Waals surface area contributed by atoms with E-state index < -0.39 is 28.2 Å². The van der Waals surface area contributed by atoms with Crippen molar-refractivity contribution in [3.05, 3.63) is 6.33 Å². The van der Waals surface area contributed by atoms with Crippen LogP contribution < -0.4 is 5.32 Å². The maximum absolute atomic E-state index is 13.5. The lowest BCUT2D eigenvalue weighted by Gasteiger charge is -2.41. The molecule has 0 aromatic carbocycles. The second-order valence-corrected chi connectivity index (χ2v) is 9.93. The van der Waals surface area contributed by atoms with E-state index in [1.807, 2.05) is 0 Å². The molecule has 2 saturated heterocycles. The van der Waals surface area contributed by atoms with Crippen LogP contribution in [0.5, 0.6) is 0 Å². The molecule has 0 unspecified atom stereocenters. The summed E-state index contributed by atoms with van der Waals surface area (Å²) in [6.45, 7) is 1.05. The molecular weight excluding hydrogens is 380 g/mol. The van der Waals surface area contributed by atoms with E-state index in [-0.39, 0.29) is 35.8 Å². The minimum atomic E-state index is -3.12. The summed E-state index contributed by atoms with van der Waals surface area (Å²) in [5.74, 6) is -0.244. The molecule has 1 aromatic rings. The van der Waals surface area contributed by atoms with Gasteiger partial charge >= 0.3 is 0 Å². The Labute approximate surface area is 156 Å². The van der Waals surface area contributed by atoms with Crippen molar-refractivity contribution >= 4 is 21.7 Å².